The highest BCUT2D eigenvalue weighted by Crippen LogP contribution is 2.34. The molecule has 0 unspecified atom stereocenters. The molecule has 82 valence electrons. The number of rotatable bonds is 3. The Morgan fingerprint density at radius 2 is 1.80 bits per heavy atom. The van der Waals surface area contributed by atoms with E-state index < -0.39 is 0 Å². The van der Waals surface area contributed by atoms with Crippen LogP contribution in [0, 0.1) is 0 Å². The van der Waals surface area contributed by atoms with Crippen LogP contribution in [-0.4, -0.2) is 12.5 Å². The highest BCUT2D eigenvalue weighted by Gasteiger charge is 2.07. The largest absolute Gasteiger partial charge is 0.374 e. The minimum Gasteiger partial charge on any atom is -0.374 e. The number of carbonyl (C=O) groups excluding carboxylic acids is 1. The van der Waals surface area contributed by atoms with E-state index in [9.17, 15) is 4.79 Å². The number of hydrazine groups is 1. The van der Waals surface area contributed by atoms with Crippen LogP contribution in [0.15, 0.2) is 25.6 Å². The third-order valence-electron chi connectivity index (χ3n) is 1.59. The van der Waals surface area contributed by atoms with Crippen LogP contribution < -0.4 is 16.6 Å². The van der Waals surface area contributed by atoms with Crippen molar-refractivity contribution in [1.29, 1.82) is 0 Å². The van der Waals surface area contributed by atoms with Crippen LogP contribution in [0.2, 0.25) is 0 Å². The molecule has 0 aliphatic rings. The van der Waals surface area contributed by atoms with Gasteiger partial charge in [-0.3, -0.25) is 10.2 Å². The van der Waals surface area contributed by atoms with Crippen molar-refractivity contribution in [3.05, 3.63) is 25.6 Å². The Hall–Kier alpha value is -0.110. The Labute approximate surface area is 112 Å². The van der Waals surface area contributed by atoms with Crippen molar-refractivity contribution in [1.82, 2.24) is 5.43 Å². The predicted molar refractivity (Wildman–Crippen MR) is 70.4 cm³/mol. The number of benzene rings is 1. The number of nitrogens with two attached hydrogens (primary N) is 1. The monoisotopic (exact) mass is 399 g/mol. The normalized spacial score (nSPS) is 9.87. The van der Waals surface area contributed by atoms with Gasteiger partial charge in [0.15, 0.2) is 0 Å². The fourth-order valence-corrected chi connectivity index (χ4v) is 3.47. The summed E-state index contributed by atoms with van der Waals surface area (Å²) in [5, 5.41) is 2.95. The smallest absolute Gasteiger partial charge is 0.253 e. The van der Waals surface area contributed by atoms with Crippen LogP contribution >= 0.6 is 47.8 Å². The van der Waals surface area contributed by atoms with Crippen LogP contribution in [-0.2, 0) is 4.79 Å². The Morgan fingerprint density at radius 1 is 1.27 bits per heavy atom. The van der Waals surface area contributed by atoms with E-state index in [0.29, 0.717) is 0 Å². The van der Waals surface area contributed by atoms with E-state index in [1.165, 1.54) is 0 Å². The summed E-state index contributed by atoms with van der Waals surface area (Å²) in [6.07, 6.45) is 0. The summed E-state index contributed by atoms with van der Waals surface area (Å²) in [5.41, 5.74) is 2.85. The van der Waals surface area contributed by atoms with Gasteiger partial charge in [-0.2, -0.15) is 0 Å². The zero-order valence-corrected chi connectivity index (χ0v) is 12.2. The number of hydrogen-bond acceptors (Lipinski definition) is 3. The SMILES string of the molecule is NNC(=O)CNc1c(Br)cc(Br)cc1Br. The Balaban J connectivity index is 2.81. The second-order valence-electron chi connectivity index (χ2n) is 2.67. The Bertz CT molecular complexity index is 360. The summed E-state index contributed by atoms with van der Waals surface area (Å²) in [4.78, 5) is 10.9. The van der Waals surface area contributed by atoms with Crippen LogP contribution in [0.1, 0.15) is 0 Å². The molecule has 0 radical (unpaired) electrons. The van der Waals surface area contributed by atoms with Gasteiger partial charge >= 0.3 is 0 Å². The lowest BCUT2D eigenvalue weighted by atomic mass is 10.3. The van der Waals surface area contributed by atoms with Crippen molar-refractivity contribution in [3.8, 4) is 0 Å². The molecule has 1 rings (SSSR count). The summed E-state index contributed by atoms with van der Waals surface area (Å²) >= 11 is 10.1. The Kier molecular flexibility index (Phi) is 5.04. The first-order chi connectivity index (χ1) is 7.04. The molecule has 0 aliphatic heterocycles. The molecule has 0 aliphatic carbocycles. The van der Waals surface area contributed by atoms with Gasteiger partial charge in [0.05, 0.1) is 12.2 Å². The van der Waals surface area contributed by atoms with Gasteiger partial charge < -0.3 is 5.32 Å². The highest BCUT2D eigenvalue weighted by atomic mass is 79.9. The maximum absolute atomic E-state index is 10.9. The van der Waals surface area contributed by atoms with Gasteiger partial charge in [0.1, 0.15) is 0 Å². The van der Waals surface area contributed by atoms with Gasteiger partial charge in [0.2, 0.25) is 0 Å². The van der Waals surface area contributed by atoms with Crippen molar-refractivity contribution in [3.63, 3.8) is 0 Å². The average molecular weight is 402 g/mol. The number of carbonyl (C=O) groups is 1. The highest BCUT2D eigenvalue weighted by molar-refractivity contribution is 9.11. The van der Waals surface area contributed by atoms with Gasteiger partial charge in [-0.1, -0.05) is 15.9 Å². The maximum atomic E-state index is 10.9. The number of nitrogens with one attached hydrogen (secondary N) is 2. The molecule has 1 aromatic rings. The first kappa shape index (κ1) is 13.0. The molecule has 0 fully saturated rings. The zero-order valence-electron chi connectivity index (χ0n) is 7.48. The minimum atomic E-state index is -0.281. The van der Waals surface area contributed by atoms with Crippen molar-refractivity contribution in [2.24, 2.45) is 5.84 Å². The molecule has 0 saturated heterocycles. The van der Waals surface area contributed by atoms with Crippen molar-refractivity contribution >= 4 is 59.4 Å². The summed E-state index contributed by atoms with van der Waals surface area (Å²) in [6, 6.07) is 3.76. The van der Waals surface area contributed by atoms with Gasteiger partial charge in [-0.05, 0) is 44.0 Å². The van der Waals surface area contributed by atoms with Gasteiger partial charge in [-0.15, -0.1) is 0 Å². The molecule has 1 amide bonds. The van der Waals surface area contributed by atoms with Crippen LogP contribution in [0.3, 0.4) is 0 Å². The van der Waals surface area contributed by atoms with Crippen LogP contribution in [0.5, 0.6) is 0 Å². The predicted octanol–water partition coefficient (Wildman–Crippen LogP) is 2.38. The first-order valence-corrected chi connectivity index (χ1v) is 6.30. The van der Waals surface area contributed by atoms with Gasteiger partial charge in [-0.25, -0.2) is 5.84 Å². The number of anilines is 1. The van der Waals surface area contributed by atoms with Crippen molar-refractivity contribution < 1.29 is 4.79 Å². The van der Waals surface area contributed by atoms with E-state index in [2.05, 4.69) is 53.1 Å². The first-order valence-electron chi connectivity index (χ1n) is 3.92. The molecule has 0 saturated carbocycles. The van der Waals surface area contributed by atoms with Crippen molar-refractivity contribution in [2.75, 3.05) is 11.9 Å². The molecular formula is C8H8Br3N3O. The van der Waals surface area contributed by atoms with Crippen LogP contribution in [0.25, 0.3) is 0 Å². The number of amides is 1. The molecule has 1 aromatic carbocycles. The van der Waals surface area contributed by atoms with E-state index in [4.69, 9.17) is 5.84 Å². The molecule has 0 heterocycles. The van der Waals surface area contributed by atoms with Gasteiger partial charge in [0, 0.05) is 13.4 Å². The Morgan fingerprint density at radius 3 is 2.27 bits per heavy atom. The molecular weight excluding hydrogens is 394 g/mol. The minimum absolute atomic E-state index is 0.120. The number of hydrogen-bond donors (Lipinski definition) is 3. The van der Waals surface area contributed by atoms with E-state index in [-0.39, 0.29) is 12.5 Å². The van der Waals surface area contributed by atoms with E-state index in [0.717, 1.165) is 19.1 Å². The maximum Gasteiger partial charge on any atom is 0.253 e. The third kappa shape index (κ3) is 3.75. The molecule has 4 N–H and O–H groups in total. The zero-order chi connectivity index (χ0) is 11.4. The summed E-state index contributed by atoms with van der Waals surface area (Å²) in [7, 11) is 0. The fourth-order valence-electron chi connectivity index (χ4n) is 0.931. The lowest BCUT2D eigenvalue weighted by Gasteiger charge is -2.10. The summed E-state index contributed by atoms with van der Waals surface area (Å²) < 4.78 is 2.65. The molecule has 0 atom stereocenters. The second kappa shape index (κ2) is 5.83. The second-order valence-corrected chi connectivity index (χ2v) is 5.29. The van der Waals surface area contributed by atoms with E-state index in [1.807, 2.05) is 17.6 Å². The summed E-state index contributed by atoms with van der Waals surface area (Å²) in [6.45, 7) is 0.120. The topological polar surface area (TPSA) is 67.1 Å². The standard InChI is InChI=1S/C8H8Br3N3O/c9-4-1-5(10)8(6(11)2-4)13-3-7(15)14-12/h1-2,13H,3,12H2,(H,14,15). The molecule has 4 nitrogen and oxygen atoms in total. The molecule has 0 aromatic heterocycles. The molecule has 15 heavy (non-hydrogen) atoms. The number of halogens is 3. The lowest BCUT2D eigenvalue weighted by molar-refractivity contribution is -0.119. The van der Waals surface area contributed by atoms with E-state index in [1.54, 1.807) is 0 Å². The van der Waals surface area contributed by atoms with E-state index >= 15 is 0 Å². The fraction of sp³-hybridized carbons (Fsp3) is 0.125. The summed E-state index contributed by atoms with van der Waals surface area (Å²) in [5.74, 6) is 4.69. The molecule has 0 spiro atoms. The lowest BCUT2D eigenvalue weighted by Crippen LogP contribution is -2.35. The molecule has 0 bridgehead atoms. The third-order valence-corrected chi connectivity index (χ3v) is 3.30. The van der Waals surface area contributed by atoms with Crippen LogP contribution in [0.4, 0.5) is 5.69 Å². The van der Waals surface area contributed by atoms with Crippen molar-refractivity contribution in [2.45, 2.75) is 0 Å². The molecule has 7 heteroatoms. The van der Waals surface area contributed by atoms with Gasteiger partial charge in [0.25, 0.3) is 5.91 Å². The average Bonchev–Trinajstić information content (AvgIpc) is 2.15. The quantitative estimate of drug-likeness (QED) is 0.414.